The summed E-state index contributed by atoms with van der Waals surface area (Å²) >= 11 is 0. The van der Waals surface area contributed by atoms with Gasteiger partial charge in [0, 0.05) is 32.4 Å². The molecule has 0 amide bonds. The highest BCUT2D eigenvalue weighted by atomic mass is 16.5. The van der Waals surface area contributed by atoms with Crippen molar-refractivity contribution in [2.75, 3.05) is 44.2 Å². The summed E-state index contributed by atoms with van der Waals surface area (Å²) in [4.78, 5) is 17.7. The van der Waals surface area contributed by atoms with Crippen LogP contribution in [-0.4, -0.2) is 59.2 Å². The largest absolute Gasteiger partial charge is 0.477 e. The van der Waals surface area contributed by atoms with Crippen molar-refractivity contribution in [2.45, 2.75) is 26.7 Å². The highest BCUT2D eigenvalue weighted by Crippen LogP contribution is 2.18. The fourth-order valence-electron chi connectivity index (χ4n) is 3.12. The van der Waals surface area contributed by atoms with E-state index >= 15 is 0 Å². The number of nitriles is 1. The average Bonchev–Trinajstić information content (AvgIpc) is 2.71. The van der Waals surface area contributed by atoms with Gasteiger partial charge in [0.1, 0.15) is 11.9 Å². The first-order valence-electron chi connectivity index (χ1n) is 9.43. The number of hydrogen-bond acceptors (Lipinski definition) is 7. The first-order chi connectivity index (χ1) is 13.2. The number of ether oxygens (including phenoxy) is 1. The third-order valence-corrected chi connectivity index (χ3v) is 4.87. The number of aryl methyl sites for hydroxylation is 2. The molecule has 7 heteroatoms. The van der Waals surface area contributed by atoms with Gasteiger partial charge in [0.15, 0.2) is 0 Å². The van der Waals surface area contributed by atoms with Crippen molar-refractivity contribution in [1.29, 1.82) is 5.26 Å². The maximum absolute atomic E-state index is 9.23. The molecule has 7 nitrogen and oxygen atoms in total. The minimum Gasteiger partial charge on any atom is -0.477 e. The van der Waals surface area contributed by atoms with Crippen molar-refractivity contribution in [1.82, 2.24) is 19.9 Å². The van der Waals surface area contributed by atoms with E-state index in [-0.39, 0.29) is 0 Å². The second-order valence-corrected chi connectivity index (χ2v) is 6.75. The molecule has 0 aromatic carbocycles. The third-order valence-electron chi connectivity index (χ3n) is 4.87. The van der Waals surface area contributed by atoms with E-state index in [0.717, 1.165) is 62.8 Å². The molecular weight excluding hydrogens is 340 g/mol. The molecule has 2 aromatic heterocycles. The Kier molecular flexibility index (Phi) is 6.55. The first kappa shape index (κ1) is 19.1. The predicted molar refractivity (Wildman–Crippen MR) is 104 cm³/mol. The van der Waals surface area contributed by atoms with Crippen LogP contribution in [0.4, 0.5) is 5.82 Å². The normalized spacial score (nSPS) is 14.8. The Balaban J connectivity index is 1.35. The van der Waals surface area contributed by atoms with Crippen molar-refractivity contribution in [2.24, 2.45) is 0 Å². The first-order valence-corrected chi connectivity index (χ1v) is 9.43. The monoisotopic (exact) mass is 366 g/mol. The van der Waals surface area contributed by atoms with Crippen LogP contribution in [0.3, 0.4) is 0 Å². The SMILES string of the molecule is Cc1ncc(OCCCCN2CCN(c3ncccc3C#N)CC2)nc1C. The smallest absolute Gasteiger partial charge is 0.232 e. The Morgan fingerprint density at radius 2 is 1.93 bits per heavy atom. The molecule has 27 heavy (non-hydrogen) atoms. The van der Waals surface area contributed by atoms with Crippen LogP contribution in [0.2, 0.25) is 0 Å². The fraction of sp³-hybridized carbons (Fsp3) is 0.500. The molecule has 0 radical (unpaired) electrons. The molecule has 3 rings (SSSR count). The zero-order chi connectivity index (χ0) is 19.1. The molecule has 1 aliphatic rings. The molecule has 1 aliphatic heterocycles. The van der Waals surface area contributed by atoms with E-state index in [9.17, 15) is 5.26 Å². The van der Waals surface area contributed by atoms with Crippen molar-refractivity contribution in [3.05, 3.63) is 41.5 Å². The standard InChI is InChI=1S/C20H26N6O/c1-16-17(2)24-19(15-23-16)27-13-4-3-8-25-9-11-26(12-10-25)20-18(14-21)6-5-7-22-20/h5-7,15H,3-4,8-13H2,1-2H3. The number of hydrogen-bond donors (Lipinski definition) is 0. The zero-order valence-electron chi connectivity index (χ0n) is 16.1. The lowest BCUT2D eigenvalue weighted by molar-refractivity contribution is 0.236. The number of piperazine rings is 1. The van der Waals surface area contributed by atoms with Crippen LogP contribution in [-0.2, 0) is 0 Å². The van der Waals surface area contributed by atoms with Gasteiger partial charge in [-0.05, 0) is 45.4 Å². The molecule has 142 valence electrons. The van der Waals surface area contributed by atoms with Crippen LogP contribution < -0.4 is 9.64 Å². The lowest BCUT2D eigenvalue weighted by Crippen LogP contribution is -2.47. The highest BCUT2D eigenvalue weighted by molar-refractivity contribution is 5.53. The second kappa shape index (κ2) is 9.28. The Hall–Kier alpha value is -2.72. The number of pyridine rings is 1. The molecule has 3 heterocycles. The summed E-state index contributed by atoms with van der Waals surface area (Å²) in [6.45, 7) is 9.40. The van der Waals surface area contributed by atoms with Crippen LogP contribution in [0, 0.1) is 25.2 Å². The van der Waals surface area contributed by atoms with E-state index in [0.29, 0.717) is 18.1 Å². The third kappa shape index (κ3) is 5.14. The van der Waals surface area contributed by atoms with E-state index in [1.165, 1.54) is 0 Å². The van der Waals surface area contributed by atoms with Crippen LogP contribution in [0.25, 0.3) is 0 Å². The number of anilines is 1. The zero-order valence-corrected chi connectivity index (χ0v) is 16.1. The van der Waals surface area contributed by atoms with Crippen LogP contribution in [0.15, 0.2) is 24.5 Å². The molecule has 0 saturated carbocycles. The highest BCUT2D eigenvalue weighted by Gasteiger charge is 2.19. The van der Waals surface area contributed by atoms with E-state index in [2.05, 4.69) is 30.8 Å². The van der Waals surface area contributed by atoms with Gasteiger partial charge >= 0.3 is 0 Å². The Bertz CT molecular complexity index is 795. The number of unbranched alkanes of at least 4 members (excludes halogenated alkanes) is 1. The minimum atomic E-state index is 0.607. The van der Waals surface area contributed by atoms with Gasteiger partial charge in [-0.15, -0.1) is 0 Å². The van der Waals surface area contributed by atoms with Crippen molar-refractivity contribution in [3.8, 4) is 11.9 Å². The van der Waals surface area contributed by atoms with Crippen molar-refractivity contribution in [3.63, 3.8) is 0 Å². The maximum Gasteiger partial charge on any atom is 0.232 e. The molecule has 0 bridgehead atoms. The quantitative estimate of drug-likeness (QED) is 0.696. The molecule has 0 N–H and O–H groups in total. The summed E-state index contributed by atoms with van der Waals surface area (Å²) in [5.41, 5.74) is 2.50. The molecule has 1 saturated heterocycles. The lowest BCUT2D eigenvalue weighted by atomic mass is 10.2. The molecule has 0 atom stereocenters. The molecule has 0 unspecified atom stereocenters. The molecule has 2 aromatic rings. The van der Waals surface area contributed by atoms with Gasteiger partial charge in [-0.3, -0.25) is 9.88 Å². The van der Waals surface area contributed by atoms with Gasteiger partial charge in [0.2, 0.25) is 5.88 Å². The summed E-state index contributed by atoms with van der Waals surface area (Å²) in [5, 5.41) is 9.23. The Labute approximate surface area is 160 Å². The number of aromatic nitrogens is 3. The molecule has 0 aliphatic carbocycles. The summed E-state index contributed by atoms with van der Waals surface area (Å²) < 4.78 is 5.69. The maximum atomic E-state index is 9.23. The van der Waals surface area contributed by atoms with Gasteiger partial charge in [-0.25, -0.2) is 9.97 Å². The van der Waals surface area contributed by atoms with Gasteiger partial charge in [0.25, 0.3) is 0 Å². The topological polar surface area (TPSA) is 78.2 Å². The Morgan fingerprint density at radius 1 is 1.11 bits per heavy atom. The second-order valence-electron chi connectivity index (χ2n) is 6.75. The van der Waals surface area contributed by atoms with Crippen LogP contribution >= 0.6 is 0 Å². The summed E-state index contributed by atoms with van der Waals surface area (Å²) in [6, 6.07) is 5.87. The van der Waals surface area contributed by atoms with Gasteiger partial charge in [0.05, 0.1) is 29.8 Å². The Morgan fingerprint density at radius 3 is 2.67 bits per heavy atom. The predicted octanol–water partition coefficient (Wildman–Crippen LogP) is 2.34. The summed E-state index contributed by atoms with van der Waals surface area (Å²) in [6.07, 6.45) is 5.52. The van der Waals surface area contributed by atoms with Crippen molar-refractivity contribution >= 4 is 5.82 Å². The minimum absolute atomic E-state index is 0.607. The number of nitrogens with zero attached hydrogens (tertiary/aromatic N) is 6. The van der Waals surface area contributed by atoms with E-state index in [1.54, 1.807) is 12.4 Å². The van der Waals surface area contributed by atoms with E-state index < -0.39 is 0 Å². The van der Waals surface area contributed by atoms with Crippen LogP contribution in [0.1, 0.15) is 29.8 Å². The van der Waals surface area contributed by atoms with E-state index in [1.807, 2.05) is 26.0 Å². The molecule has 1 fully saturated rings. The van der Waals surface area contributed by atoms with Crippen LogP contribution in [0.5, 0.6) is 5.88 Å². The molecular formula is C20H26N6O. The van der Waals surface area contributed by atoms with Gasteiger partial charge in [-0.1, -0.05) is 0 Å². The fourth-order valence-corrected chi connectivity index (χ4v) is 3.12. The lowest BCUT2D eigenvalue weighted by Gasteiger charge is -2.35. The average molecular weight is 366 g/mol. The summed E-state index contributed by atoms with van der Waals surface area (Å²) in [7, 11) is 0. The van der Waals surface area contributed by atoms with Gasteiger partial charge < -0.3 is 9.64 Å². The number of rotatable bonds is 7. The van der Waals surface area contributed by atoms with E-state index in [4.69, 9.17) is 4.74 Å². The molecule has 0 spiro atoms. The van der Waals surface area contributed by atoms with Gasteiger partial charge in [-0.2, -0.15) is 5.26 Å². The summed E-state index contributed by atoms with van der Waals surface area (Å²) in [5.74, 6) is 1.41. The van der Waals surface area contributed by atoms with Crippen molar-refractivity contribution < 1.29 is 4.74 Å².